The van der Waals surface area contributed by atoms with E-state index in [1.807, 2.05) is 0 Å². The normalized spacial score (nSPS) is 23.4. The average Bonchev–Trinajstić information content (AvgIpc) is 2.62. The maximum atomic E-state index is 13.6. The lowest BCUT2D eigenvalue weighted by Crippen LogP contribution is -2.53. The summed E-state index contributed by atoms with van der Waals surface area (Å²) in [5.41, 5.74) is -0.181. The molecule has 4 nitrogen and oxygen atoms in total. The standard InChI is InChI=1S/C20H27F2N3O/c1-24-12-9-16(10-13-24)25-11-3-4-15(14-25)23-20(26)8-7-17-18(21)5-2-6-19(17)22/h2,5-8,15-16H,3-4,9-14H2,1H3,(H,23,26)/b8-7+. The molecule has 2 aliphatic rings. The zero-order valence-corrected chi connectivity index (χ0v) is 15.3. The molecule has 6 heteroatoms. The van der Waals surface area contributed by atoms with Crippen molar-refractivity contribution in [1.29, 1.82) is 0 Å². The van der Waals surface area contributed by atoms with Crippen LogP contribution in [-0.4, -0.2) is 61.0 Å². The van der Waals surface area contributed by atoms with Crippen molar-refractivity contribution in [2.45, 2.75) is 37.8 Å². The van der Waals surface area contributed by atoms with E-state index in [4.69, 9.17) is 0 Å². The van der Waals surface area contributed by atoms with Crippen LogP contribution in [0.1, 0.15) is 31.2 Å². The van der Waals surface area contributed by atoms with Gasteiger partial charge >= 0.3 is 0 Å². The van der Waals surface area contributed by atoms with Gasteiger partial charge in [0, 0.05) is 30.3 Å². The largest absolute Gasteiger partial charge is 0.349 e. The summed E-state index contributed by atoms with van der Waals surface area (Å²) in [4.78, 5) is 17.0. The van der Waals surface area contributed by atoms with Gasteiger partial charge in [0.15, 0.2) is 0 Å². The van der Waals surface area contributed by atoms with E-state index in [1.54, 1.807) is 0 Å². The zero-order chi connectivity index (χ0) is 18.5. The number of benzene rings is 1. The van der Waals surface area contributed by atoms with E-state index in [0.717, 1.165) is 39.0 Å². The molecule has 1 N–H and O–H groups in total. The van der Waals surface area contributed by atoms with Crippen LogP contribution in [-0.2, 0) is 4.79 Å². The molecule has 0 saturated carbocycles. The molecule has 0 aliphatic carbocycles. The molecular formula is C20H27F2N3O. The monoisotopic (exact) mass is 363 g/mol. The number of hydrogen-bond acceptors (Lipinski definition) is 3. The lowest BCUT2D eigenvalue weighted by molar-refractivity contribution is -0.117. The fraction of sp³-hybridized carbons (Fsp3) is 0.550. The van der Waals surface area contributed by atoms with Crippen LogP contribution >= 0.6 is 0 Å². The number of halogens is 2. The summed E-state index contributed by atoms with van der Waals surface area (Å²) in [5.74, 6) is -1.64. The van der Waals surface area contributed by atoms with E-state index >= 15 is 0 Å². The minimum absolute atomic E-state index is 0.0889. The molecule has 3 rings (SSSR count). The van der Waals surface area contributed by atoms with Crippen molar-refractivity contribution >= 4 is 12.0 Å². The zero-order valence-electron chi connectivity index (χ0n) is 15.3. The van der Waals surface area contributed by atoms with Crippen LogP contribution in [0.4, 0.5) is 8.78 Å². The summed E-state index contributed by atoms with van der Waals surface area (Å²) in [6.45, 7) is 4.17. The molecule has 1 aromatic carbocycles. The predicted molar refractivity (Wildman–Crippen MR) is 98.6 cm³/mol. The first-order valence-corrected chi connectivity index (χ1v) is 9.38. The minimum atomic E-state index is -0.667. The van der Waals surface area contributed by atoms with Crippen molar-refractivity contribution in [3.05, 3.63) is 41.5 Å². The lowest BCUT2D eigenvalue weighted by atomic mass is 9.98. The van der Waals surface area contributed by atoms with Crippen LogP contribution in [0.3, 0.4) is 0 Å². The molecule has 0 bridgehead atoms. The molecule has 0 spiro atoms. The molecule has 2 saturated heterocycles. The first-order valence-electron chi connectivity index (χ1n) is 9.38. The van der Waals surface area contributed by atoms with E-state index in [9.17, 15) is 13.6 Å². The van der Waals surface area contributed by atoms with Crippen LogP contribution < -0.4 is 5.32 Å². The SMILES string of the molecule is CN1CCC(N2CCCC(NC(=O)/C=C/c3c(F)cccc3F)C2)CC1. The Morgan fingerprint density at radius 3 is 2.54 bits per heavy atom. The van der Waals surface area contributed by atoms with Crippen LogP contribution in [0.5, 0.6) is 0 Å². The second-order valence-corrected chi connectivity index (χ2v) is 7.35. The third-order valence-electron chi connectivity index (χ3n) is 5.40. The third kappa shape index (κ3) is 4.89. The summed E-state index contributed by atoms with van der Waals surface area (Å²) in [5, 5.41) is 2.98. The number of likely N-dealkylation sites (tertiary alicyclic amines) is 2. The molecule has 26 heavy (non-hydrogen) atoms. The van der Waals surface area contributed by atoms with Gasteiger partial charge in [-0.2, -0.15) is 0 Å². The maximum absolute atomic E-state index is 13.6. The highest BCUT2D eigenvalue weighted by molar-refractivity contribution is 5.92. The van der Waals surface area contributed by atoms with Crippen molar-refractivity contribution in [3.8, 4) is 0 Å². The Morgan fingerprint density at radius 2 is 1.85 bits per heavy atom. The molecule has 0 aromatic heterocycles. The van der Waals surface area contributed by atoms with E-state index in [0.29, 0.717) is 6.04 Å². The van der Waals surface area contributed by atoms with E-state index in [1.165, 1.54) is 43.2 Å². The van der Waals surface area contributed by atoms with Crippen LogP contribution in [0.25, 0.3) is 6.08 Å². The molecule has 1 aromatic rings. The number of rotatable bonds is 4. The molecule has 2 fully saturated rings. The molecule has 1 atom stereocenters. The van der Waals surface area contributed by atoms with Gasteiger partial charge in [-0.1, -0.05) is 6.07 Å². The van der Waals surface area contributed by atoms with E-state index < -0.39 is 11.6 Å². The molecule has 1 unspecified atom stereocenters. The van der Waals surface area contributed by atoms with Gasteiger partial charge in [0.05, 0.1) is 0 Å². The summed E-state index contributed by atoms with van der Waals surface area (Å²) >= 11 is 0. The highest BCUT2D eigenvalue weighted by Gasteiger charge is 2.28. The molecule has 142 valence electrons. The Kier molecular flexibility index (Phi) is 6.38. The number of carbonyl (C=O) groups excluding carboxylic acids is 1. The van der Waals surface area contributed by atoms with E-state index in [-0.39, 0.29) is 17.5 Å². The fourth-order valence-corrected chi connectivity index (χ4v) is 3.89. The smallest absolute Gasteiger partial charge is 0.244 e. The Hall–Kier alpha value is -1.79. The predicted octanol–water partition coefficient (Wildman–Crippen LogP) is 2.65. The third-order valence-corrected chi connectivity index (χ3v) is 5.40. The molecular weight excluding hydrogens is 336 g/mol. The number of carbonyl (C=O) groups is 1. The summed E-state index contributed by atoms with van der Waals surface area (Å²) < 4.78 is 27.2. The average molecular weight is 363 g/mol. The van der Waals surface area contributed by atoms with Crippen molar-refractivity contribution in [3.63, 3.8) is 0 Å². The van der Waals surface area contributed by atoms with Gasteiger partial charge in [0.25, 0.3) is 0 Å². The van der Waals surface area contributed by atoms with Gasteiger partial charge in [-0.25, -0.2) is 8.78 Å². The first-order chi connectivity index (χ1) is 12.5. The fourth-order valence-electron chi connectivity index (χ4n) is 3.89. The van der Waals surface area contributed by atoms with Crippen LogP contribution in [0.2, 0.25) is 0 Å². The minimum Gasteiger partial charge on any atom is -0.349 e. The second-order valence-electron chi connectivity index (χ2n) is 7.35. The Morgan fingerprint density at radius 1 is 1.15 bits per heavy atom. The van der Waals surface area contributed by atoms with Gasteiger partial charge in [0.2, 0.25) is 5.91 Å². The van der Waals surface area contributed by atoms with Gasteiger partial charge in [0.1, 0.15) is 11.6 Å². The first kappa shape index (κ1) is 19.0. The Bertz CT molecular complexity index is 636. The number of amides is 1. The van der Waals surface area contributed by atoms with Crippen molar-refractivity contribution in [1.82, 2.24) is 15.1 Å². The maximum Gasteiger partial charge on any atom is 0.244 e. The molecule has 0 radical (unpaired) electrons. The molecule has 2 heterocycles. The van der Waals surface area contributed by atoms with Gasteiger partial charge < -0.3 is 10.2 Å². The molecule has 2 aliphatic heterocycles. The van der Waals surface area contributed by atoms with Gasteiger partial charge in [-0.05, 0) is 70.6 Å². The van der Waals surface area contributed by atoms with Crippen molar-refractivity contribution in [2.75, 3.05) is 33.2 Å². The lowest BCUT2D eigenvalue weighted by Gasteiger charge is -2.41. The van der Waals surface area contributed by atoms with E-state index in [2.05, 4.69) is 22.2 Å². The number of nitrogens with zero attached hydrogens (tertiary/aromatic N) is 2. The summed E-state index contributed by atoms with van der Waals surface area (Å²) in [7, 11) is 2.15. The highest BCUT2D eigenvalue weighted by atomic mass is 19.1. The van der Waals surface area contributed by atoms with Crippen LogP contribution in [0.15, 0.2) is 24.3 Å². The quantitative estimate of drug-likeness (QED) is 0.836. The Balaban J connectivity index is 1.53. The van der Waals surface area contributed by atoms with Gasteiger partial charge in [-0.15, -0.1) is 0 Å². The Labute approximate surface area is 153 Å². The van der Waals surface area contributed by atoms with Crippen LogP contribution in [0, 0.1) is 11.6 Å². The second kappa shape index (κ2) is 8.73. The number of nitrogens with one attached hydrogen (secondary N) is 1. The summed E-state index contributed by atoms with van der Waals surface area (Å²) in [6.07, 6.45) is 6.76. The van der Waals surface area contributed by atoms with Gasteiger partial charge in [-0.3, -0.25) is 9.69 Å². The number of hydrogen-bond donors (Lipinski definition) is 1. The van der Waals surface area contributed by atoms with Crippen molar-refractivity contribution < 1.29 is 13.6 Å². The highest BCUT2D eigenvalue weighted by Crippen LogP contribution is 2.20. The topological polar surface area (TPSA) is 35.6 Å². The molecule has 1 amide bonds. The number of piperidine rings is 2. The van der Waals surface area contributed by atoms with Crippen molar-refractivity contribution in [2.24, 2.45) is 0 Å². The summed E-state index contributed by atoms with van der Waals surface area (Å²) in [6, 6.07) is 4.35.